The van der Waals surface area contributed by atoms with E-state index in [9.17, 15) is 14.7 Å². The molecular formula is C15H27N3O3. The number of rotatable bonds is 5. The van der Waals surface area contributed by atoms with Gasteiger partial charge in [0.05, 0.1) is 0 Å². The molecule has 0 aromatic carbocycles. The topological polar surface area (TPSA) is 72.9 Å². The number of likely N-dealkylation sites (tertiary alicyclic amines) is 2. The largest absolute Gasteiger partial charge is 0.480 e. The Bertz CT molecular complexity index is 390. The number of amides is 2. The first kappa shape index (κ1) is 16.1. The lowest BCUT2D eigenvalue weighted by atomic mass is 9.93. The first-order chi connectivity index (χ1) is 10.0. The maximum absolute atomic E-state index is 12.4. The van der Waals surface area contributed by atoms with Crippen LogP contribution in [-0.4, -0.2) is 64.7 Å². The summed E-state index contributed by atoms with van der Waals surface area (Å²) >= 11 is 0. The number of carbonyl (C=O) groups is 2. The number of carbonyl (C=O) groups excluding carboxylic acids is 1. The van der Waals surface area contributed by atoms with Crippen LogP contribution in [0.5, 0.6) is 0 Å². The number of nitrogens with one attached hydrogen (secondary N) is 1. The minimum atomic E-state index is -1.14. The van der Waals surface area contributed by atoms with Crippen molar-refractivity contribution in [3.63, 3.8) is 0 Å². The van der Waals surface area contributed by atoms with E-state index in [1.54, 1.807) is 18.7 Å². The molecule has 6 heteroatoms. The van der Waals surface area contributed by atoms with Crippen molar-refractivity contribution in [1.82, 2.24) is 15.1 Å². The molecule has 2 saturated heterocycles. The van der Waals surface area contributed by atoms with Crippen LogP contribution in [0.2, 0.25) is 0 Å². The Hall–Kier alpha value is -1.30. The molecule has 2 aliphatic heterocycles. The minimum Gasteiger partial charge on any atom is -0.480 e. The summed E-state index contributed by atoms with van der Waals surface area (Å²) in [7, 11) is 0. The van der Waals surface area contributed by atoms with E-state index in [1.807, 2.05) is 0 Å². The summed E-state index contributed by atoms with van der Waals surface area (Å²) in [6.45, 7) is 7.29. The van der Waals surface area contributed by atoms with Gasteiger partial charge in [0.2, 0.25) is 0 Å². The van der Waals surface area contributed by atoms with Gasteiger partial charge in [0.25, 0.3) is 0 Å². The van der Waals surface area contributed by atoms with Gasteiger partial charge in [-0.05, 0) is 45.2 Å². The molecule has 2 fully saturated rings. The van der Waals surface area contributed by atoms with Gasteiger partial charge in [-0.3, -0.25) is 4.90 Å². The average molecular weight is 297 g/mol. The summed E-state index contributed by atoms with van der Waals surface area (Å²) < 4.78 is 0. The van der Waals surface area contributed by atoms with Gasteiger partial charge in [-0.2, -0.15) is 0 Å². The number of hydrogen-bond acceptors (Lipinski definition) is 3. The molecule has 0 saturated carbocycles. The van der Waals surface area contributed by atoms with Crippen LogP contribution in [0, 0.1) is 0 Å². The van der Waals surface area contributed by atoms with E-state index < -0.39 is 11.5 Å². The molecule has 120 valence electrons. The highest BCUT2D eigenvalue weighted by Gasteiger charge is 2.39. The number of urea groups is 1. The van der Waals surface area contributed by atoms with E-state index in [0.717, 1.165) is 32.6 Å². The highest BCUT2D eigenvalue weighted by Crippen LogP contribution is 2.22. The summed E-state index contributed by atoms with van der Waals surface area (Å²) in [6, 6.07) is 0.212. The quantitative estimate of drug-likeness (QED) is 0.807. The summed E-state index contributed by atoms with van der Waals surface area (Å²) in [4.78, 5) is 28.1. The molecule has 0 bridgehead atoms. The fourth-order valence-electron chi connectivity index (χ4n) is 3.40. The van der Waals surface area contributed by atoms with Crippen LogP contribution >= 0.6 is 0 Å². The summed E-state index contributed by atoms with van der Waals surface area (Å²) in [5.41, 5.74) is -1.14. The van der Waals surface area contributed by atoms with Gasteiger partial charge in [0.1, 0.15) is 5.54 Å². The number of hydrogen-bond donors (Lipinski definition) is 2. The summed E-state index contributed by atoms with van der Waals surface area (Å²) in [6.07, 6.45) is 4.28. The third-order valence-electron chi connectivity index (χ3n) is 5.07. The predicted octanol–water partition coefficient (Wildman–Crippen LogP) is 1.51. The smallest absolute Gasteiger partial charge is 0.329 e. The van der Waals surface area contributed by atoms with Gasteiger partial charge in [-0.25, -0.2) is 9.59 Å². The lowest BCUT2D eigenvalue weighted by molar-refractivity contribution is -0.144. The van der Waals surface area contributed by atoms with E-state index in [2.05, 4.69) is 10.2 Å². The highest BCUT2D eigenvalue weighted by atomic mass is 16.4. The van der Waals surface area contributed by atoms with E-state index in [0.29, 0.717) is 18.9 Å². The molecule has 1 unspecified atom stereocenters. The van der Waals surface area contributed by atoms with Crippen LogP contribution in [0.25, 0.3) is 0 Å². The van der Waals surface area contributed by atoms with Gasteiger partial charge in [0.15, 0.2) is 0 Å². The molecule has 0 aromatic rings. The molecule has 0 radical (unpaired) electrons. The van der Waals surface area contributed by atoms with Crippen LogP contribution in [0.15, 0.2) is 0 Å². The van der Waals surface area contributed by atoms with Crippen LogP contribution in [0.3, 0.4) is 0 Å². The third-order valence-corrected chi connectivity index (χ3v) is 5.07. The fourth-order valence-corrected chi connectivity index (χ4v) is 3.40. The standard InChI is InChI=1S/C15H27N3O3/c1-3-15(4-2,13(19)20)16-14(21)18-10-7-12(11-18)17-8-5-6-9-17/h12H,3-11H2,1-2H3,(H,16,21)(H,19,20). The van der Waals surface area contributed by atoms with Crippen molar-refractivity contribution >= 4 is 12.0 Å². The average Bonchev–Trinajstić information content (AvgIpc) is 3.13. The monoisotopic (exact) mass is 297 g/mol. The van der Waals surface area contributed by atoms with E-state index >= 15 is 0 Å². The zero-order valence-electron chi connectivity index (χ0n) is 13.1. The second-order valence-electron chi connectivity index (χ2n) is 6.16. The van der Waals surface area contributed by atoms with Crippen molar-refractivity contribution < 1.29 is 14.7 Å². The number of carboxylic acids is 1. The van der Waals surface area contributed by atoms with E-state index in [4.69, 9.17) is 0 Å². The second kappa shape index (κ2) is 6.64. The van der Waals surface area contributed by atoms with Crippen molar-refractivity contribution in [3.05, 3.63) is 0 Å². The normalized spacial score (nSPS) is 23.5. The second-order valence-corrected chi connectivity index (χ2v) is 6.16. The lowest BCUT2D eigenvalue weighted by Crippen LogP contribution is -2.57. The van der Waals surface area contributed by atoms with Gasteiger partial charge < -0.3 is 15.3 Å². The summed E-state index contributed by atoms with van der Waals surface area (Å²) in [5.74, 6) is -0.948. The van der Waals surface area contributed by atoms with Crippen molar-refractivity contribution in [2.75, 3.05) is 26.2 Å². The van der Waals surface area contributed by atoms with Gasteiger partial charge in [-0.15, -0.1) is 0 Å². The Morgan fingerprint density at radius 3 is 2.33 bits per heavy atom. The SMILES string of the molecule is CCC(CC)(NC(=O)N1CCC(N2CCCC2)C1)C(=O)O. The maximum Gasteiger partial charge on any atom is 0.329 e. The molecule has 2 N–H and O–H groups in total. The molecule has 2 aliphatic rings. The zero-order chi connectivity index (χ0) is 15.5. The first-order valence-electron chi connectivity index (χ1n) is 8.07. The van der Waals surface area contributed by atoms with Crippen LogP contribution in [-0.2, 0) is 4.79 Å². The third kappa shape index (κ3) is 3.31. The van der Waals surface area contributed by atoms with Crippen molar-refractivity contribution in [1.29, 1.82) is 0 Å². The van der Waals surface area contributed by atoms with Crippen molar-refractivity contribution in [2.45, 2.75) is 57.5 Å². The minimum absolute atomic E-state index is 0.234. The molecule has 0 spiro atoms. The Labute approximate surface area is 126 Å². The maximum atomic E-state index is 12.4. The fraction of sp³-hybridized carbons (Fsp3) is 0.867. The molecule has 6 nitrogen and oxygen atoms in total. The molecule has 0 aliphatic carbocycles. The lowest BCUT2D eigenvalue weighted by Gasteiger charge is -2.31. The Morgan fingerprint density at radius 1 is 1.19 bits per heavy atom. The van der Waals surface area contributed by atoms with E-state index in [1.165, 1.54) is 12.8 Å². The number of nitrogens with zero attached hydrogens (tertiary/aromatic N) is 2. The van der Waals surface area contributed by atoms with Crippen molar-refractivity contribution in [2.24, 2.45) is 0 Å². The molecule has 21 heavy (non-hydrogen) atoms. The van der Waals surface area contributed by atoms with Crippen LogP contribution < -0.4 is 5.32 Å². The number of aliphatic carboxylic acids is 1. The molecule has 1 atom stereocenters. The van der Waals surface area contributed by atoms with Gasteiger partial charge in [-0.1, -0.05) is 13.8 Å². The van der Waals surface area contributed by atoms with Crippen LogP contribution in [0.4, 0.5) is 4.79 Å². The highest BCUT2D eigenvalue weighted by molar-refractivity contribution is 5.86. The van der Waals surface area contributed by atoms with Gasteiger partial charge in [0, 0.05) is 19.1 Å². The molecule has 2 rings (SSSR count). The van der Waals surface area contributed by atoms with E-state index in [-0.39, 0.29) is 6.03 Å². The first-order valence-corrected chi connectivity index (χ1v) is 8.07. The number of carboxylic acid groups (broad SMARTS) is 1. The molecule has 2 heterocycles. The Morgan fingerprint density at radius 2 is 1.81 bits per heavy atom. The molecule has 2 amide bonds. The Balaban J connectivity index is 1.93. The van der Waals surface area contributed by atoms with Crippen LogP contribution in [0.1, 0.15) is 46.0 Å². The zero-order valence-corrected chi connectivity index (χ0v) is 13.1. The van der Waals surface area contributed by atoms with Crippen molar-refractivity contribution in [3.8, 4) is 0 Å². The molecular weight excluding hydrogens is 270 g/mol. The predicted molar refractivity (Wildman–Crippen MR) is 80.3 cm³/mol. The van der Waals surface area contributed by atoms with Gasteiger partial charge >= 0.3 is 12.0 Å². The summed E-state index contributed by atoms with van der Waals surface area (Å²) in [5, 5.41) is 12.1. The Kier molecular flexibility index (Phi) is 5.08. The molecule has 0 aromatic heterocycles.